The summed E-state index contributed by atoms with van der Waals surface area (Å²) in [5.41, 5.74) is 6.99. The fraction of sp³-hybridized carbons (Fsp3) is 0.219. The van der Waals surface area contributed by atoms with Crippen LogP contribution in [0.3, 0.4) is 0 Å². The van der Waals surface area contributed by atoms with E-state index in [1.54, 1.807) is 24.7 Å². The molecule has 1 saturated heterocycles. The molecule has 0 saturated carbocycles. The Hall–Kier alpha value is -5.16. The van der Waals surface area contributed by atoms with E-state index in [2.05, 4.69) is 35.8 Å². The zero-order valence-electron chi connectivity index (χ0n) is 23.4. The fourth-order valence-electron chi connectivity index (χ4n) is 5.70. The Morgan fingerprint density at radius 2 is 1.95 bits per heavy atom. The monoisotopic (exact) mass is 576 g/mol. The lowest BCUT2D eigenvalue weighted by Crippen LogP contribution is -2.30. The SMILES string of the molecule is COc1cc(F)cc(-c2ccnc3[nH]c(-c4n[nH]c5ccc(-c6cncc(NC(=O)CC7CCNCC7)c6)nc45)cc23)c1. The molecule has 0 bridgehead atoms. The Morgan fingerprint density at radius 3 is 2.81 bits per heavy atom. The van der Waals surface area contributed by atoms with Crippen LogP contribution in [-0.4, -0.2) is 56.2 Å². The second-order valence-corrected chi connectivity index (χ2v) is 10.8. The number of nitrogens with zero attached hydrogens (tertiary/aromatic N) is 4. The van der Waals surface area contributed by atoms with Crippen LogP contribution >= 0.6 is 0 Å². The number of hydrogen-bond donors (Lipinski definition) is 4. The number of nitrogens with one attached hydrogen (secondary N) is 4. The molecule has 0 unspecified atom stereocenters. The maximum Gasteiger partial charge on any atom is 0.224 e. The number of amides is 1. The summed E-state index contributed by atoms with van der Waals surface area (Å²) in [5, 5.41) is 14.8. The number of anilines is 1. The van der Waals surface area contributed by atoms with Gasteiger partial charge in [-0.2, -0.15) is 5.10 Å². The zero-order chi connectivity index (χ0) is 29.3. The highest BCUT2D eigenvalue weighted by Gasteiger charge is 2.19. The van der Waals surface area contributed by atoms with Gasteiger partial charge in [0.15, 0.2) is 0 Å². The predicted octanol–water partition coefficient (Wildman–Crippen LogP) is 5.71. The number of methoxy groups -OCH3 is 1. The summed E-state index contributed by atoms with van der Waals surface area (Å²) in [7, 11) is 1.51. The van der Waals surface area contributed by atoms with Gasteiger partial charge in [0.2, 0.25) is 5.91 Å². The normalized spacial score (nSPS) is 13.9. The van der Waals surface area contributed by atoms with Gasteiger partial charge in [0.1, 0.15) is 28.4 Å². The average Bonchev–Trinajstić information content (AvgIpc) is 3.65. The van der Waals surface area contributed by atoms with E-state index in [4.69, 9.17) is 9.72 Å². The molecule has 4 N–H and O–H groups in total. The van der Waals surface area contributed by atoms with Crippen molar-refractivity contribution in [1.82, 2.24) is 35.5 Å². The molecule has 0 aliphatic carbocycles. The molecule has 0 radical (unpaired) electrons. The molecule has 0 atom stereocenters. The Balaban J connectivity index is 1.20. The average molecular weight is 577 g/mol. The van der Waals surface area contributed by atoms with E-state index < -0.39 is 0 Å². The van der Waals surface area contributed by atoms with Crippen molar-refractivity contribution in [1.29, 1.82) is 0 Å². The van der Waals surface area contributed by atoms with Crippen molar-refractivity contribution in [2.75, 3.05) is 25.5 Å². The number of ether oxygens (including phenoxy) is 1. The lowest BCUT2D eigenvalue weighted by molar-refractivity contribution is -0.117. The molecule has 5 aromatic heterocycles. The standard InChI is InChI=1S/C32H29FN8O2/c1-43-23-13-19(11-21(33)14-23)24-6-9-36-32-25(24)15-28(39-32)31-30-27(40-41-31)3-2-26(38-30)20-12-22(17-35-16-20)37-29(42)10-18-4-7-34-8-5-18/h2-3,6,9,11-18,34H,4-5,7-8,10H2,1H3,(H,36,39)(H,37,42)(H,40,41). The number of rotatable bonds is 7. The Morgan fingerprint density at radius 1 is 1.07 bits per heavy atom. The minimum absolute atomic E-state index is 0.00476. The molecule has 11 heteroatoms. The van der Waals surface area contributed by atoms with Gasteiger partial charge < -0.3 is 20.4 Å². The highest BCUT2D eigenvalue weighted by molar-refractivity contribution is 5.99. The van der Waals surface area contributed by atoms with Crippen molar-refractivity contribution in [2.45, 2.75) is 19.3 Å². The Bertz CT molecular complexity index is 1960. The van der Waals surface area contributed by atoms with E-state index >= 15 is 0 Å². The highest BCUT2D eigenvalue weighted by Crippen LogP contribution is 2.35. The number of carbonyl (C=O) groups excluding carboxylic acids is 1. The van der Waals surface area contributed by atoms with Gasteiger partial charge in [0.05, 0.1) is 35.9 Å². The first-order chi connectivity index (χ1) is 21.0. The molecule has 1 aliphatic heterocycles. The molecule has 6 aromatic rings. The second kappa shape index (κ2) is 11.3. The smallest absolute Gasteiger partial charge is 0.224 e. The highest BCUT2D eigenvalue weighted by atomic mass is 19.1. The van der Waals surface area contributed by atoms with Crippen LogP contribution in [0.4, 0.5) is 10.1 Å². The van der Waals surface area contributed by atoms with Crippen LogP contribution in [-0.2, 0) is 4.79 Å². The van der Waals surface area contributed by atoms with E-state index in [0.29, 0.717) is 57.6 Å². The van der Waals surface area contributed by atoms with Gasteiger partial charge in [-0.15, -0.1) is 0 Å². The third-order valence-electron chi connectivity index (χ3n) is 7.86. The summed E-state index contributed by atoms with van der Waals surface area (Å²) in [6.07, 6.45) is 7.57. The molecule has 1 aliphatic rings. The van der Waals surface area contributed by atoms with Gasteiger partial charge in [-0.25, -0.2) is 14.4 Å². The van der Waals surface area contributed by atoms with Crippen LogP contribution in [0.25, 0.3) is 55.8 Å². The quantitative estimate of drug-likeness (QED) is 0.191. The van der Waals surface area contributed by atoms with Crippen LogP contribution < -0.4 is 15.4 Å². The van der Waals surface area contributed by atoms with E-state index in [1.165, 1.54) is 19.2 Å². The molecule has 1 fully saturated rings. The van der Waals surface area contributed by atoms with Gasteiger partial charge in [0.25, 0.3) is 0 Å². The van der Waals surface area contributed by atoms with Crippen molar-refractivity contribution < 1.29 is 13.9 Å². The van der Waals surface area contributed by atoms with E-state index in [9.17, 15) is 9.18 Å². The number of H-pyrrole nitrogens is 2. The maximum atomic E-state index is 14.3. The number of piperidine rings is 1. The minimum atomic E-state index is -0.384. The van der Waals surface area contributed by atoms with E-state index in [-0.39, 0.29) is 11.7 Å². The topological polar surface area (TPSA) is 134 Å². The number of carbonyl (C=O) groups is 1. The van der Waals surface area contributed by atoms with Gasteiger partial charge in [-0.05, 0) is 85.4 Å². The van der Waals surface area contributed by atoms with Crippen LogP contribution in [0, 0.1) is 11.7 Å². The molecular formula is C32H29FN8O2. The molecule has 10 nitrogen and oxygen atoms in total. The lowest BCUT2D eigenvalue weighted by Gasteiger charge is -2.21. The molecule has 6 heterocycles. The second-order valence-electron chi connectivity index (χ2n) is 10.8. The van der Waals surface area contributed by atoms with Crippen LogP contribution in [0.2, 0.25) is 0 Å². The number of fused-ring (bicyclic) bond motifs is 2. The third-order valence-corrected chi connectivity index (χ3v) is 7.86. The zero-order valence-corrected chi connectivity index (χ0v) is 23.4. The summed E-state index contributed by atoms with van der Waals surface area (Å²) >= 11 is 0. The minimum Gasteiger partial charge on any atom is -0.497 e. The summed E-state index contributed by atoms with van der Waals surface area (Å²) in [4.78, 5) is 29.8. The molecular weight excluding hydrogens is 547 g/mol. The van der Waals surface area contributed by atoms with Gasteiger partial charge in [-0.1, -0.05) is 0 Å². The van der Waals surface area contributed by atoms with Gasteiger partial charge in [-0.3, -0.25) is 14.9 Å². The molecule has 1 aromatic carbocycles. The first kappa shape index (κ1) is 26.7. The molecule has 216 valence electrons. The summed E-state index contributed by atoms with van der Waals surface area (Å²) in [6, 6.07) is 14.1. The lowest BCUT2D eigenvalue weighted by atomic mass is 9.94. The van der Waals surface area contributed by atoms with Crippen LogP contribution in [0.5, 0.6) is 5.75 Å². The third kappa shape index (κ3) is 5.42. The molecule has 7 rings (SSSR count). The summed E-state index contributed by atoms with van der Waals surface area (Å²) in [6.45, 7) is 1.91. The number of halogens is 1. The number of benzene rings is 1. The van der Waals surface area contributed by atoms with Crippen molar-refractivity contribution >= 4 is 33.7 Å². The van der Waals surface area contributed by atoms with Crippen molar-refractivity contribution in [2.24, 2.45) is 5.92 Å². The Kier molecular flexibility index (Phi) is 6.99. The summed E-state index contributed by atoms with van der Waals surface area (Å²) < 4.78 is 19.6. The van der Waals surface area contributed by atoms with Crippen LogP contribution in [0.15, 0.2) is 67.1 Å². The number of aromatic nitrogens is 6. The van der Waals surface area contributed by atoms with Crippen molar-refractivity contribution in [3.05, 3.63) is 72.9 Å². The first-order valence-corrected chi connectivity index (χ1v) is 14.2. The maximum absolute atomic E-state index is 14.3. The molecule has 0 spiro atoms. The molecule has 43 heavy (non-hydrogen) atoms. The van der Waals surface area contributed by atoms with E-state index in [0.717, 1.165) is 48.0 Å². The number of hydrogen-bond acceptors (Lipinski definition) is 7. The van der Waals surface area contributed by atoms with Gasteiger partial charge in [0, 0.05) is 35.8 Å². The predicted molar refractivity (Wildman–Crippen MR) is 163 cm³/mol. The van der Waals surface area contributed by atoms with Crippen LogP contribution in [0.1, 0.15) is 19.3 Å². The Labute approximate surface area is 246 Å². The number of pyridine rings is 3. The van der Waals surface area contributed by atoms with Crippen molar-refractivity contribution in [3.63, 3.8) is 0 Å². The van der Waals surface area contributed by atoms with Gasteiger partial charge >= 0.3 is 0 Å². The number of aromatic amines is 2. The first-order valence-electron chi connectivity index (χ1n) is 14.2. The summed E-state index contributed by atoms with van der Waals surface area (Å²) in [5.74, 6) is 0.444. The van der Waals surface area contributed by atoms with E-state index in [1.807, 2.05) is 30.3 Å². The largest absolute Gasteiger partial charge is 0.497 e. The fourth-order valence-corrected chi connectivity index (χ4v) is 5.70. The van der Waals surface area contributed by atoms with Crippen molar-refractivity contribution in [3.8, 4) is 39.5 Å². The molecule has 1 amide bonds.